The summed E-state index contributed by atoms with van der Waals surface area (Å²) in [6.45, 7) is 3.27. The number of rotatable bonds is 22. The Morgan fingerprint density at radius 1 is 0.489 bits per heavy atom. The van der Waals surface area contributed by atoms with Crippen molar-refractivity contribution in [2.45, 2.75) is 158 Å². The third kappa shape index (κ3) is 29.3. The molecule has 2 aromatic heterocycles. The van der Waals surface area contributed by atoms with Gasteiger partial charge in [0.15, 0.2) is 0 Å². The Morgan fingerprint density at radius 2 is 0.969 bits per heavy atom. The van der Waals surface area contributed by atoms with Gasteiger partial charge < -0.3 is 103 Å². The highest BCUT2D eigenvalue weighted by atomic mass is 32.2. The molecule has 0 radical (unpaired) electrons. The van der Waals surface area contributed by atoms with Crippen LogP contribution in [-0.4, -0.2) is 277 Å². The molecule has 2 unspecified atom stereocenters. The number of unbranched alkanes of at least 4 members (excludes halogenated alkanes) is 1. The molecule has 1 aliphatic rings. The molecule has 131 heavy (non-hydrogen) atoms. The number of para-hydroxylation sites is 1. The maximum Gasteiger partial charge on any atom is 0.305 e. The molecular formula is C93H114N18O19S. The summed E-state index contributed by atoms with van der Waals surface area (Å²) in [4.78, 5) is 251. The highest BCUT2D eigenvalue weighted by molar-refractivity contribution is 8.00. The number of amides is 15. The summed E-state index contributed by atoms with van der Waals surface area (Å²) in [7, 11) is 6.50. The van der Waals surface area contributed by atoms with Crippen molar-refractivity contribution in [2.24, 2.45) is 11.7 Å². The van der Waals surface area contributed by atoms with Gasteiger partial charge in [0.25, 0.3) is 0 Å². The molecule has 16 N–H and O–H groups in total. The van der Waals surface area contributed by atoms with E-state index in [9.17, 15) is 58.5 Å². The number of carboxylic acid groups (broad SMARTS) is 1. The number of nitrogens with one attached hydrogen (secondary N) is 11. The van der Waals surface area contributed by atoms with Gasteiger partial charge in [-0.05, 0) is 83.0 Å². The number of imidazole rings is 1. The molecule has 9 rings (SSSR count). The maximum atomic E-state index is 15.6. The first kappa shape index (κ1) is 100. The van der Waals surface area contributed by atoms with Crippen LogP contribution in [0.25, 0.3) is 10.9 Å². The minimum Gasteiger partial charge on any atom is -0.508 e. The predicted octanol–water partition coefficient (Wildman–Crippen LogP) is 1.68. The van der Waals surface area contributed by atoms with Gasteiger partial charge in [0.05, 0.1) is 49.3 Å². The number of benzene rings is 6. The summed E-state index contributed by atoms with van der Waals surface area (Å²) < 4.78 is 0. The van der Waals surface area contributed by atoms with Crippen LogP contribution in [0.3, 0.4) is 0 Å². The smallest absolute Gasteiger partial charge is 0.305 e. The number of aromatic hydroxyl groups is 2. The number of primary amides is 1. The number of aromatic amines is 2. The molecule has 0 spiro atoms. The van der Waals surface area contributed by atoms with Crippen LogP contribution < -0.4 is 53.6 Å². The summed E-state index contributed by atoms with van der Waals surface area (Å²) in [6.07, 6.45) is 1.49. The lowest BCUT2D eigenvalue weighted by molar-refractivity contribution is -0.151. The number of fused-ring (bicyclic) bond motifs is 1. The number of nitrogens with zero attached hydrogens (tertiary/aromatic N) is 6. The highest BCUT2D eigenvalue weighted by Gasteiger charge is 2.43. The molecule has 696 valence electrons. The Kier molecular flexibility index (Phi) is 36.8. The molecule has 37 nitrogen and oxygen atoms in total. The second-order valence-corrected chi connectivity index (χ2v) is 33.8. The Hall–Kier alpha value is -14.5. The zero-order valence-corrected chi connectivity index (χ0v) is 75.1. The summed E-state index contributed by atoms with van der Waals surface area (Å²) >= 11 is 0.755. The Labute approximate surface area is 761 Å². The molecular weight excluding hydrogens is 1710 g/mol. The monoisotopic (exact) mass is 1820 g/mol. The van der Waals surface area contributed by atoms with Crippen molar-refractivity contribution in [1.29, 1.82) is 0 Å². The van der Waals surface area contributed by atoms with Crippen LogP contribution in [-0.2, 0) is 115 Å². The quantitative estimate of drug-likeness (QED) is 0.0459. The van der Waals surface area contributed by atoms with Gasteiger partial charge in [-0.2, -0.15) is 0 Å². The molecule has 15 amide bonds. The van der Waals surface area contributed by atoms with Gasteiger partial charge in [0, 0.05) is 97.1 Å². The molecule has 38 heteroatoms. The lowest BCUT2D eigenvalue weighted by Gasteiger charge is -2.37. The second kappa shape index (κ2) is 48.1. The molecule has 0 bridgehead atoms. The van der Waals surface area contributed by atoms with Crippen molar-refractivity contribution in [1.82, 2.24) is 87.3 Å². The van der Waals surface area contributed by atoms with Gasteiger partial charge in [-0.15, -0.1) is 11.8 Å². The largest absolute Gasteiger partial charge is 0.508 e. The van der Waals surface area contributed by atoms with Crippen LogP contribution in [0.2, 0.25) is 0 Å². The van der Waals surface area contributed by atoms with Gasteiger partial charge in [-0.1, -0.05) is 167 Å². The normalized spacial score (nSPS) is 21.7. The molecule has 0 aliphatic carbocycles. The van der Waals surface area contributed by atoms with Gasteiger partial charge in [0.1, 0.15) is 77.7 Å². The molecule has 1 saturated heterocycles. The molecule has 6 aromatic carbocycles. The summed E-state index contributed by atoms with van der Waals surface area (Å²) in [5.74, 6) is -17.3. The number of carbonyl (C=O) groups is 16. The van der Waals surface area contributed by atoms with Crippen molar-refractivity contribution < 1.29 is 92.0 Å². The number of hydrogen-bond donors (Lipinski definition) is 15. The van der Waals surface area contributed by atoms with Gasteiger partial charge in [-0.25, -0.2) is 4.98 Å². The van der Waals surface area contributed by atoms with Gasteiger partial charge in [0.2, 0.25) is 88.6 Å². The van der Waals surface area contributed by atoms with E-state index in [1.54, 1.807) is 142 Å². The zero-order chi connectivity index (χ0) is 95.3. The van der Waals surface area contributed by atoms with E-state index in [1.165, 1.54) is 90.0 Å². The Bertz CT molecular complexity index is 5350. The van der Waals surface area contributed by atoms with Crippen LogP contribution in [0.5, 0.6) is 11.5 Å². The number of carboxylic acids is 1. The van der Waals surface area contributed by atoms with E-state index >= 15 is 33.6 Å². The van der Waals surface area contributed by atoms with E-state index in [2.05, 4.69) is 62.8 Å². The third-order valence-electron chi connectivity index (χ3n) is 22.3. The summed E-state index contributed by atoms with van der Waals surface area (Å²) in [5, 5.41) is 53.8. The van der Waals surface area contributed by atoms with Crippen LogP contribution in [0.4, 0.5) is 0 Å². The number of phenolic OH excluding ortho intramolecular Hbond substituents is 2. The number of aliphatic carboxylic acids is 1. The number of aryl methyl sites for hydroxylation is 1. The standard InChI is InChI=1S/C93H114N18O19S/c1-10-11-31-71-91(128)108(6)52-77(117)101-68(46-79(119)120)86(123)106-80(54(2)3)93(130)110(8)72(43-57-25-17-13-18-26-57)87(124)104-69(42-60-34-38-63(113)39-35-60)89(126)107(5)51-76(116)100-67(45-61-48-95-65-30-22-21-29-64(61)65)85(122)103-66(40-59-32-36-62(112)37-33-59)84(121)98-50-75(115)105-81(88(125)97-49-74(94)114)82(83-96-47-55(4)99-83)131-53-78(118)102-70(41-56-23-15-12-16-24-56)90(127)111(9)73(92(129)109(71)7)44-58-27-19-14-20-28-58/h12-30,32-39,47-48,54,66-73,80-82,95,112-113H,10-11,31,40-46,49-53H2,1-9H3,(H2,94,114)(H,96,99)(H,97,125)(H,98,121)(H,100,116)(H,101,117)(H,102,118)(H,103,122)(H,104,124)(H,105,115)(H,106,123)(H,119,120)/t66?,67-,68-,69-,70-,71-,72-,73-,80-,81-,82?/m0/s1. The first-order chi connectivity index (χ1) is 62.4. The Balaban J connectivity index is 1.12. The minimum absolute atomic E-state index is 0.0139. The molecule has 0 saturated carbocycles. The number of H-pyrrole nitrogens is 2. The van der Waals surface area contributed by atoms with Crippen LogP contribution in [0.1, 0.15) is 96.6 Å². The molecule has 8 aromatic rings. The van der Waals surface area contributed by atoms with Crippen molar-refractivity contribution in [2.75, 3.05) is 67.2 Å². The average Bonchev–Trinajstić information content (AvgIpc) is 1.42. The van der Waals surface area contributed by atoms with E-state index in [1.807, 2.05) is 6.92 Å². The van der Waals surface area contributed by atoms with E-state index in [0.29, 0.717) is 62.8 Å². The van der Waals surface area contributed by atoms with Gasteiger partial charge >= 0.3 is 5.97 Å². The average molecular weight is 1820 g/mol. The van der Waals surface area contributed by atoms with Crippen LogP contribution in [0.15, 0.2) is 176 Å². The highest BCUT2D eigenvalue weighted by Crippen LogP contribution is 2.32. The lowest BCUT2D eigenvalue weighted by atomic mass is 9.98. The van der Waals surface area contributed by atoms with Crippen LogP contribution >= 0.6 is 11.8 Å². The SMILES string of the molecule is CCCC[C@H]1C(=O)N(C)CC(=O)N[C@@H](CC(=O)O)C(=O)N[C@@H](C(C)C)C(=O)N(C)[C@@H](Cc2ccccc2)C(=O)N[C@@H](Cc2ccc(O)cc2)C(=O)N(C)CC(=O)N[C@@H](Cc2c[nH]c3ccccc23)C(=O)NC(Cc2ccc(O)cc2)C(=O)NCC(=O)N[C@H](C(=O)NCC(N)=O)C(c2nc(C)c[nH]2)SCC(=O)N[C@@H](Cc2ccccc2)C(=O)N(C)[C@@H](Cc2ccccc2)C(=O)N1C. The first-order valence-electron chi connectivity index (χ1n) is 42.8. The Morgan fingerprint density at radius 3 is 1.52 bits per heavy atom. The topological polar surface area (TPSA) is 529 Å². The zero-order valence-electron chi connectivity index (χ0n) is 74.3. The first-order valence-corrected chi connectivity index (χ1v) is 43.8. The summed E-state index contributed by atoms with van der Waals surface area (Å²) in [5.41, 5.74) is 9.45. The number of aromatic nitrogens is 3. The number of nitrogens with two attached hydrogens (primary N) is 1. The number of phenols is 2. The maximum absolute atomic E-state index is 15.6. The van der Waals surface area contributed by atoms with Gasteiger partial charge in [-0.3, -0.25) is 76.7 Å². The number of hydrogen-bond acceptors (Lipinski definition) is 20. The van der Waals surface area contributed by atoms with E-state index in [4.69, 9.17) is 5.73 Å². The molecule has 1 fully saturated rings. The molecule has 1 aliphatic heterocycles. The fourth-order valence-electron chi connectivity index (χ4n) is 15.1. The fraction of sp³-hybridized carbons (Fsp3) is 0.387. The summed E-state index contributed by atoms with van der Waals surface area (Å²) in [6, 6.07) is 28.1. The van der Waals surface area contributed by atoms with Crippen molar-refractivity contribution >= 4 is 117 Å². The molecule has 11 atom stereocenters. The number of likely N-dealkylation sites (N-methyl/N-ethyl adjacent to an activating group) is 5. The predicted molar refractivity (Wildman–Crippen MR) is 485 cm³/mol. The van der Waals surface area contributed by atoms with Crippen molar-refractivity contribution in [3.8, 4) is 11.5 Å². The van der Waals surface area contributed by atoms with E-state index in [0.717, 1.165) is 36.3 Å². The minimum atomic E-state index is -1.92. The third-order valence-corrected chi connectivity index (χ3v) is 23.6. The second-order valence-electron chi connectivity index (χ2n) is 32.7. The van der Waals surface area contributed by atoms with E-state index in [-0.39, 0.29) is 62.3 Å². The fourth-order valence-corrected chi connectivity index (χ4v) is 16.2. The van der Waals surface area contributed by atoms with Crippen molar-refractivity contribution in [3.63, 3.8) is 0 Å². The van der Waals surface area contributed by atoms with Crippen LogP contribution in [0, 0.1) is 12.8 Å². The van der Waals surface area contributed by atoms with Crippen molar-refractivity contribution in [3.05, 3.63) is 221 Å². The number of carbonyl (C=O) groups excluding carboxylic acids is 15. The lowest BCUT2D eigenvalue weighted by Crippen LogP contribution is -2.61. The van der Waals surface area contributed by atoms with E-state index < -0.39 is 205 Å². The number of thioether (sulfide) groups is 1. The molecule has 3 heterocycles.